The molecule has 1 saturated carbocycles. The second kappa shape index (κ2) is 13.8. The molecule has 0 aliphatic heterocycles. The van der Waals surface area contributed by atoms with Crippen LogP contribution in [0, 0.1) is 0 Å². The molecule has 1 aliphatic carbocycles. The molecule has 10 nitrogen and oxygen atoms in total. The van der Waals surface area contributed by atoms with Gasteiger partial charge in [0.2, 0.25) is 5.88 Å². The summed E-state index contributed by atoms with van der Waals surface area (Å²) in [7, 11) is 1.49. The quantitative estimate of drug-likeness (QED) is 0.227. The van der Waals surface area contributed by atoms with Gasteiger partial charge in [-0.2, -0.15) is 13.2 Å². The molecule has 1 fully saturated rings. The molecule has 226 valence electrons. The summed E-state index contributed by atoms with van der Waals surface area (Å²) in [4.78, 5) is 35.1. The van der Waals surface area contributed by atoms with Gasteiger partial charge >= 0.3 is 6.18 Å². The average Bonchev–Trinajstić information content (AvgIpc) is 3.80. The van der Waals surface area contributed by atoms with E-state index in [2.05, 4.69) is 36.8 Å². The number of rotatable bonds is 11. The standard InChI is InChI=1S/C28H34F3N7O3S/c1-16(2)24(37-22(14-39)33-12-20-10-11-21(13-32-20)42(7)40)26(38(5)18(4)28(29,30)31)36-17(3)23-25(19-8-9-19)34-15-35-27(23)41-6/h10-11,13-15,18-19H,3,8-9,12H2,1-2,4-7H3,(H,33,37)/t18-,42?/m0/s1. The highest BCUT2D eigenvalue weighted by Crippen LogP contribution is 2.44. The first-order chi connectivity index (χ1) is 19.8. The van der Waals surface area contributed by atoms with Crippen LogP contribution in [0.2, 0.25) is 0 Å². The number of pyridine rings is 1. The maximum Gasteiger partial charge on any atom is 0.408 e. The van der Waals surface area contributed by atoms with E-state index in [9.17, 15) is 22.2 Å². The van der Waals surface area contributed by atoms with E-state index in [0.717, 1.165) is 24.7 Å². The Morgan fingerprint density at radius 1 is 1.29 bits per heavy atom. The van der Waals surface area contributed by atoms with Crippen LogP contribution in [0.25, 0.3) is 5.70 Å². The summed E-state index contributed by atoms with van der Waals surface area (Å²) in [6.07, 6.45) is 2.02. The number of aromatic nitrogens is 3. The van der Waals surface area contributed by atoms with Gasteiger partial charge in [0.1, 0.15) is 12.4 Å². The van der Waals surface area contributed by atoms with E-state index in [1.165, 1.54) is 32.9 Å². The Hall–Kier alpha value is -3.94. The van der Waals surface area contributed by atoms with Crippen molar-refractivity contribution in [3.05, 3.63) is 59.5 Å². The van der Waals surface area contributed by atoms with Crippen LogP contribution in [0.3, 0.4) is 0 Å². The lowest BCUT2D eigenvalue weighted by Crippen LogP contribution is -2.47. The Morgan fingerprint density at radius 2 is 1.98 bits per heavy atom. The number of nitrogens with zero attached hydrogens (tertiary/aromatic N) is 6. The van der Waals surface area contributed by atoms with Crippen LogP contribution >= 0.6 is 0 Å². The molecule has 2 aromatic heterocycles. The van der Waals surface area contributed by atoms with Crippen molar-refractivity contribution < 1.29 is 26.9 Å². The number of aldehydes is 1. The normalized spacial score (nSPS) is 15.5. The summed E-state index contributed by atoms with van der Waals surface area (Å²) in [5.74, 6) is 0.0783. The van der Waals surface area contributed by atoms with Crippen molar-refractivity contribution >= 4 is 34.5 Å². The number of hydrogen-bond acceptors (Lipinski definition) is 8. The van der Waals surface area contributed by atoms with Crippen LogP contribution in [0.5, 0.6) is 5.88 Å². The van der Waals surface area contributed by atoms with Gasteiger partial charge in [0.25, 0.3) is 0 Å². The van der Waals surface area contributed by atoms with E-state index >= 15 is 0 Å². The Morgan fingerprint density at radius 3 is 2.48 bits per heavy atom. The van der Waals surface area contributed by atoms with Gasteiger partial charge in [-0.25, -0.2) is 15.0 Å². The second-order valence-electron chi connectivity index (χ2n) is 9.89. The summed E-state index contributed by atoms with van der Waals surface area (Å²) >= 11 is 0. The van der Waals surface area contributed by atoms with Crippen LogP contribution in [-0.4, -0.2) is 74.6 Å². The van der Waals surface area contributed by atoms with Gasteiger partial charge in [-0.15, -0.1) is 0 Å². The Balaban J connectivity index is 2.05. The minimum absolute atomic E-state index is 0.00891. The number of ether oxygens (including phenoxy) is 1. The monoisotopic (exact) mass is 605 g/mol. The van der Waals surface area contributed by atoms with Crippen LogP contribution < -0.4 is 10.1 Å². The molecule has 1 N–H and O–H groups in total. The van der Waals surface area contributed by atoms with E-state index in [1.807, 2.05) is 0 Å². The van der Waals surface area contributed by atoms with Crippen molar-refractivity contribution in [3.63, 3.8) is 0 Å². The van der Waals surface area contributed by atoms with Crippen molar-refractivity contribution in [3.8, 4) is 5.88 Å². The molecule has 0 radical (unpaired) electrons. The molecule has 1 aliphatic rings. The molecular formula is C28H34F3N7O3S. The lowest BCUT2D eigenvalue weighted by Gasteiger charge is -2.31. The number of halogens is 3. The van der Waals surface area contributed by atoms with Gasteiger partial charge < -0.3 is 15.0 Å². The fraction of sp³-hybridized carbons (Fsp3) is 0.429. The second-order valence-corrected chi connectivity index (χ2v) is 11.3. The summed E-state index contributed by atoms with van der Waals surface area (Å²) in [5.41, 5.74) is 2.34. The lowest BCUT2D eigenvalue weighted by molar-refractivity contribution is -0.166. The zero-order valence-corrected chi connectivity index (χ0v) is 25.1. The van der Waals surface area contributed by atoms with E-state index in [4.69, 9.17) is 4.74 Å². The molecule has 1 unspecified atom stereocenters. The molecule has 0 bridgehead atoms. The van der Waals surface area contributed by atoms with Gasteiger partial charge in [0.05, 0.1) is 57.7 Å². The third kappa shape index (κ3) is 8.08. The Labute approximate surface area is 245 Å². The van der Waals surface area contributed by atoms with Gasteiger partial charge in [-0.3, -0.25) is 19.0 Å². The van der Waals surface area contributed by atoms with Gasteiger partial charge in [0.15, 0.2) is 18.0 Å². The zero-order chi connectivity index (χ0) is 31.2. The fourth-order valence-electron chi connectivity index (χ4n) is 3.85. The van der Waals surface area contributed by atoms with Gasteiger partial charge in [0, 0.05) is 25.4 Å². The smallest absolute Gasteiger partial charge is 0.408 e. The largest absolute Gasteiger partial charge is 0.480 e. The van der Waals surface area contributed by atoms with Gasteiger partial charge in [-0.1, -0.05) is 6.58 Å². The summed E-state index contributed by atoms with van der Waals surface area (Å²) in [6.45, 7) is 8.39. The summed E-state index contributed by atoms with van der Waals surface area (Å²) < 4.78 is 58.7. The molecule has 14 heteroatoms. The molecule has 0 spiro atoms. The number of aliphatic imine (C=N–C) groups is 2. The van der Waals surface area contributed by atoms with Crippen LogP contribution in [-0.2, 0) is 22.1 Å². The number of nitrogens with one attached hydrogen (secondary N) is 1. The predicted molar refractivity (Wildman–Crippen MR) is 156 cm³/mol. The lowest BCUT2D eigenvalue weighted by atomic mass is 10.1. The number of hydrogen-bond donors (Lipinski definition) is 1. The molecule has 2 heterocycles. The summed E-state index contributed by atoms with van der Waals surface area (Å²) in [5, 5.41) is 2.87. The molecule has 0 saturated heterocycles. The van der Waals surface area contributed by atoms with E-state index in [-0.39, 0.29) is 41.4 Å². The van der Waals surface area contributed by atoms with E-state index in [1.54, 1.807) is 26.0 Å². The minimum atomic E-state index is -4.59. The number of amidine groups is 2. The highest BCUT2D eigenvalue weighted by Gasteiger charge is 2.41. The third-order valence-electron chi connectivity index (χ3n) is 6.55. The molecule has 0 aromatic carbocycles. The highest BCUT2D eigenvalue weighted by molar-refractivity contribution is 7.84. The van der Waals surface area contributed by atoms with Crippen molar-refractivity contribution in [2.75, 3.05) is 20.4 Å². The zero-order valence-electron chi connectivity index (χ0n) is 24.3. The van der Waals surface area contributed by atoms with Crippen molar-refractivity contribution in [1.29, 1.82) is 0 Å². The predicted octanol–water partition coefficient (Wildman–Crippen LogP) is 4.43. The number of methoxy groups -OCH3 is 1. The Bertz CT molecular complexity index is 1430. The van der Waals surface area contributed by atoms with Crippen molar-refractivity contribution in [2.24, 2.45) is 9.98 Å². The third-order valence-corrected chi connectivity index (χ3v) is 7.45. The molecule has 2 atom stereocenters. The van der Waals surface area contributed by atoms with Crippen LogP contribution in [0.4, 0.5) is 13.2 Å². The maximum absolute atomic E-state index is 13.9. The molecule has 2 aromatic rings. The number of carbonyl (C=O) groups excluding carboxylic acids is 1. The number of allylic oxidation sites excluding steroid dienone is 1. The first kappa shape index (κ1) is 32.6. The van der Waals surface area contributed by atoms with Crippen molar-refractivity contribution in [1.82, 2.24) is 25.2 Å². The first-order valence-corrected chi connectivity index (χ1v) is 14.5. The van der Waals surface area contributed by atoms with Gasteiger partial charge in [-0.05, 0) is 51.3 Å². The Kier molecular flexibility index (Phi) is 10.7. The molecule has 42 heavy (non-hydrogen) atoms. The minimum Gasteiger partial charge on any atom is -0.480 e. The molecular weight excluding hydrogens is 571 g/mol. The highest BCUT2D eigenvalue weighted by atomic mass is 32.2. The topological polar surface area (TPSA) is 122 Å². The van der Waals surface area contributed by atoms with E-state index in [0.29, 0.717) is 33.7 Å². The maximum atomic E-state index is 13.9. The first-order valence-electron chi connectivity index (χ1n) is 13.0. The molecule has 0 amide bonds. The van der Waals surface area contributed by atoms with Crippen LogP contribution in [0.15, 0.2) is 57.4 Å². The van der Waals surface area contributed by atoms with E-state index < -0.39 is 23.0 Å². The van der Waals surface area contributed by atoms with Crippen LogP contribution in [0.1, 0.15) is 56.5 Å². The summed E-state index contributed by atoms with van der Waals surface area (Å²) in [6, 6.07) is 1.33. The number of carbonyl (C=O) groups is 1. The number of likely N-dealkylation sites (N-methyl/N-ethyl adjacent to an activating group) is 1. The fourth-order valence-corrected chi connectivity index (χ4v) is 4.31. The average molecular weight is 606 g/mol. The number of alkyl halides is 3. The van der Waals surface area contributed by atoms with Crippen molar-refractivity contribution in [2.45, 2.75) is 63.2 Å². The SMILES string of the molecule is C=C(N=C(C(NC(C=O)=NCc1ccc(S(C)=O)cn1)=C(C)C)N(C)[C@@H](C)C(F)(F)F)c1c(OC)ncnc1C1CC1. The molecule has 3 rings (SSSR count).